The maximum atomic E-state index is 11.8. The zero-order chi connectivity index (χ0) is 12.3. The van der Waals surface area contributed by atoms with Gasteiger partial charge in [0.15, 0.2) is 0 Å². The van der Waals surface area contributed by atoms with Crippen LogP contribution in [0.2, 0.25) is 0 Å². The largest absolute Gasteiger partial charge is 0.463 e. The molecule has 3 fully saturated rings. The molecule has 0 amide bonds. The van der Waals surface area contributed by atoms with Crippen LogP contribution in [-0.2, 0) is 9.53 Å². The second kappa shape index (κ2) is 3.45. The monoisotopic (exact) mass is 238 g/mol. The van der Waals surface area contributed by atoms with Crippen LogP contribution in [0.1, 0.15) is 39.0 Å². The molecule has 1 aliphatic heterocycles. The first-order chi connectivity index (χ1) is 7.98. The number of cyclic esters (lactones) is 1. The molecule has 3 aliphatic rings. The van der Waals surface area contributed by atoms with Crippen LogP contribution in [-0.4, -0.2) is 23.7 Å². The molecule has 17 heavy (non-hydrogen) atoms. The van der Waals surface area contributed by atoms with Gasteiger partial charge in [-0.05, 0) is 31.1 Å². The molecule has 5 atom stereocenters. The van der Waals surface area contributed by atoms with Crippen LogP contribution in [0.3, 0.4) is 0 Å². The van der Waals surface area contributed by atoms with Crippen LogP contribution in [0, 0.1) is 17.8 Å². The van der Waals surface area contributed by atoms with Crippen molar-refractivity contribution in [3.63, 3.8) is 0 Å². The minimum absolute atomic E-state index is 0.105. The van der Waals surface area contributed by atoms with Crippen molar-refractivity contribution in [3.05, 3.63) is 0 Å². The van der Waals surface area contributed by atoms with E-state index < -0.39 is 5.54 Å². The van der Waals surface area contributed by atoms with Crippen LogP contribution in [0.25, 0.3) is 0 Å². The van der Waals surface area contributed by atoms with Gasteiger partial charge in [-0.3, -0.25) is 4.79 Å². The number of nitrogens with two attached hydrogens (primary N) is 2. The molecule has 0 radical (unpaired) electrons. The Morgan fingerprint density at radius 1 is 1.29 bits per heavy atom. The zero-order valence-electron chi connectivity index (χ0n) is 10.4. The Kier molecular flexibility index (Phi) is 2.33. The number of hydrogen-bond donors (Lipinski definition) is 2. The first-order valence-electron chi connectivity index (χ1n) is 6.73. The molecule has 2 aliphatic carbocycles. The van der Waals surface area contributed by atoms with Crippen molar-refractivity contribution in [2.24, 2.45) is 29.2 Å². The summed E-state index contributed by atoms with van der Waals surface area (Å²) >= 11 is 0. The minimum Gasteiger partial charge on any atom is -0.463 e. The number of fused-ring (bicyclic) bond motifs is 2. The van der Waals surface area contributed by atoms with Gasteiger partial charge in [-0.1, -0.05) is 19.8 Å². The van der Waals surface area contributed by atoms with Gasteiger partial charge in [-0.25, -0.2) is 0 Å². The van der Waals surface area contributed by atoms with E-state index in [0.29, 0.717) is 12.5 Å². The van der Waals surface area contributed by atoms with Gasteiger partial charge in [0, 0.05) is 5.54 Å². The number of esters is 1. The van der Waals surface area contributed by atoms with E-state index in [1.807, 2.05) is 0 Å². The summed E-state index contributed by atoms with van der Waals surface area (Å²) in [6, 6.07) is 0. The highest BCUT2D eigenvalue weighted by atomic mass is 16.5. The van der Waals surface area contributed by atoms with Gasteiger partial charge in [-0.2, -0.15) is 0 Å². The quantitative estimate of drug-likeness (QED) is 0.611. The molecule has 4 nitrogen and oxygen atoms in total. The van der Waals surface area contributed by atoms with E-state index in [4.69, 9.17) is 16.2 Å². The smallest absolute Gasteiger partial charge is 0.311 e. The van der Waals surface area contributed by atoms with Crippen LogP contribution in [0.5, 0.6) is 0 Å². The molecule has 0 bridgehead atoms. The SMILES string of the molecule is C[C@H]1[C@@]2(N)COC(=O)[C@H]2CC2CCCC[C@@]21N. The van der Waals surface area contributed by atoms with Gasteiger partial charge in [0.1, 0.15) is 6.61 Å². The van der Waals surface area contributed by atoms with Crippen molar-refractivity contribution >= 4 is 5.97 Å². The van der Waals surface area contributed by atoms with E-state index in [0.717, 1.165) is 19.3 Å². The summed E-state index contributed by atoms with van der Waals surface area (Å²) in [7, 11) is 0. The summed E-state index contributed by atoms with van der Waals surface area (Å²) in [5.41, 5.74) is 12.4. The fourth-order valence-corrected chi connectivity index (χ4v) is 4.35. The van der Waals surface area contributed by atoms with Crippen molar-refractivity contribution in [2.45, 2.75) is 50.1 Å². The molecular weight excluding hydrogens is 216 g/mol. The first-order valence-corrected chi connectivity index (χ1v) is 6.73. The van der Waals surface area contributed by atoms with Crippen molar-refractivity contribution in [1.82, 2.24) is 0 Å². The van der Waals surface area contributed by atoms with Crippen LogP contribution < -0.4 is 11.5 Å². The molecule has 0 aromatic heterocycles. The maximum Gasteiger partial charge on any atom is 0.311 e. The van der Waals surface area contributed by atoms with Gasteiger partial charge < -0.3 is 16.2 Å². The average molecular weight is 238 g/mol. The minimum atomic E-state index is -0.528. The van der Waals surface area contributed by atoms with Gasteiger partial charge in [0.25, 0.3) is 0 Å². The summed E-state index contributed by atoms with van der Waals surface area (Å²) in [6.07, 6.45) is 5.43. The van der Waals surface area contributed by atoms with Crippen LogP contribution in [0.15, 0.2) is 0 Å². The average Bonchev–Trinajstić information content (AvgIpc) is 2.60. The van der Waals surface area contributed by atoms with Crippen molar-refractivity contribution in [2.75, 3.05) is 6.61 Å². The van der Waals surface area contributed by atoms with E-state index in [1.165, 1.54) is 12.8 Å². The summed E-state index contributed by atoms with van der Waals surface area (Å²) < 4.78 is 5.20. The maximum absolute atomic E-state index is 11.8. The normalized spacial score (nSPS) is 53.8. The number of hydrogen-bond acceptors (Lipinski definition) is 4. The molecule has 0 spiro atoms. The Balaban J connectivity index is 1.98. The van der Waals surface area contributed by atoms with Crippen LogP contribution in [0.4, 0.5) is 0 Å². The Labute approximate surface area is 102 Å². The third-order valence-electron chi connectivity index (χ3n) is 5.70. The molecule has 4 heteroatoms. The lowest BCUT2D eigenvalue weighted by Crippen LogP contribution is -2.70. The van der Waals surface area contributed by atoms with E-state index in [1.54, 1.807) is 0 Å². The molecule has 3 rings (SSSR count). The van der Waals surface area contributed by atoms with Gasteiger partial charge in [0.05, 0.1) is 11.5 Å². The Hall–Kier alpha value is -0.610. The zero-order valence-corrected chi connectivity index (χ0v) is 10.4. The highest BCUT2D eigenvalue weighted by Crippen LogP contribution is 2.52. The number of carbonyl (C=O) groups is 1. The summed E-state index contributed by atoms with van der Waals surface area (Å²) in [4.78, 5) is 11.8. The molecule has 1 heterocycles. The van der Waals surface area contributed by atoms with Crippen molar-refractivity contribution < 1.29 is 9.53 Å². The molecule has 1 unspecified atom stereocenters. The standard InChI is InChI=1S/C13H22N2O2/c1-8-12(14)5-3-2-4-9(12)6-10-11(16)17-7-13(8,10)15/h8-10H,2-7,14-15H2,1H3/t8-,9?,10-,12+,13+/m1/s1. The third-order valence-corrected chi connectivity index (χ3v) is 5.70. The molecule has 2 saturated carbocycles. The molecular formula is C13H22N2O2. The van der Waals surface area contributed by atoms with Gasteiger partial charge in [0.2, 0.25) is 0 Å². The second-order valence-electron chi connectivity index (χ2n) is 6.29. The van der Waals surface area contributed by atoms with Gasteiger partial charge in [-0.15, -0.1) is 0 Å². The van der Waals surface area contributed by atoms with E-state index in [9.17, 15) is 4.79 Å². The fraction of sp³-hybridized carbons (Fsp3) is 0.923. The third kappa shape index (κ3) is 1.34. The highest BCUT2D eigenvalue weighted by molar-refractivity contribution is 5.77. The highest BCUT2D eigenvalue weighted by Gasteiger charge is 2.62. The lowest BCUT2D eigenvalue weighted by Gasteiger charge is -2.56. The lowest BCUT2D eigenvalue weighted by molar-refractivity contribution is -0.142. The molecule has 1 saturated heterocycles. The lowest BCUT2D eigenvalue weighted by atomic mass is 9.52. The Morgan fingerprint density at radius 2 is 2.06 bits per heavy atom. The fourth-order valence-electron chi connectivity index (χ4n) is 4.35. The Morgan fingerprint density at radius 3 is 2.82 bits per heavy atom. The van der Waals surface area contributed by atoms with Gasteiger partial charge >= 0.3 is 5.97 Å². The van der Waals surface area contributed by atoms with Crippen molar-refractivity contribution in [1.29, 1.82) is 0 Å². The predicted octanol–water partition coefficient (Wildman–Crippen LogP) is 0.784. The molecule has 0 aromatic rings. The second-order valence-corrected chi connectivity index (χ2v) is 6.29. The summed E-state index contributed by atoms with van der Waals surface area (Å²) in [5.74, 6) is 0.369. The number of ether oxygens (including phenoxy) is 1. The number of carbonyl (C=O) groups excluding carboxylic acids is 1. The summed E-state index contributed by atoms with van der Waals surface area (Å²) in [6.45, 7) is 2.47. The van der Waals surface area contributed by atoms with Crippen molar-refractivity contribution in [3.8, 4) is 0 Å². The number of rotatable bonds is 0. The molecule has 96 valence electrons. The molecule has 4 N–H and O–H groups in total. The topological polar surface area (TPSA) is 78.3 Å². The van der Waals surface area contributed by atoms with Crippen LogP contribution >= 0.6 is 0 Å². The van der Waals surface area contributed by atoms with E-state index in [2.05, 4.69) is 6.92 Å². The molecule has 0 aromatic carbocycles. The first kappa shape index (κ1) is 11.5. The van der Waals surface area contributed by atoms with E-state index >= 15 is 0 Å². The van der Waals surface area contributed by atoms with E-state index in [-0.39, 0.29) is 23.3 Å². The summed E-state index contributed by atoms with van der Waals surface area (Å²) in [5, 5.41) is 0. The Bertz CT molecular complexity index is 359. The predicted molar refractivity (Wildman–Crippen MR) is 64.0 cm³/mol.